The van der Waals surface area contributed by atoms with Crippen LogP contribution in [0.1, 0.15) is 20.3 Å². The highest BCUT2D eigenvalue weighted by Crippen LogP contribution is 2.20. The van der Waals surface area contributed by atoms with Crippen molar-refractivity contribution in [1.29, 1.82) is 0 Å². The highest BCUT2D eigenvalue weighted by atomic mass is 19.3. The number of nitrogens with one attached hydrogen (secondary N) is 1. The van der Waals surface area contributed by atoms with Crippen LogP contribution in [0, 0.1) is 5.92 Å². The van der Waals surface area contributed by atoms with Gasteiger partial charge in [0.2, 0.25) is 0 Å². The minimum Gasteiger partial charge on any atom is -0.311 e. The lowest BCUT2D eigenvalue weighted by atomic mass is 10.2. The quantitative estimate of drug-likeness (QED) is 0.734. The molecule has 1 saturated heterocycles. The molecule has 1 heterocycles. The van der Waals surface area contributed by atoms with Gasteiger partial charge in [-0.1, -0.05) is 13.8 Å². The zero-order valence-corrected chi connectivity index (χ0v) is 9.02. The summed E-state index contributed by atoms with van der Waals surface area (Å²) in [6.07, 6.45) is 1.05. The Labute approximate surface area is 84.7 Å². The molecule has 1 atom stereocenters. The molecule has 14 heavy (non-hydrogen) atoms. The first kappa shape index (κ1) is 11.9. The number of alkyl halides is 2. The second-order valence-corrected chi connectivity index (χ2v) is 4.27. The lowest BCUT2D eigenvalue weighted by Crippen LogP contribution is -2.42. The van der Waals surface area contributed by atoms with Crippen LogP contribution < -0.4 is 5.32 Å². The second kappa shape index (κ2) is 5.03. The van der Waals surface area contributed by atoms with Crippen LogP contribution in [-0.2, 0) is 0 Å². The van der Waals surface area contributed by atoms with Crippen molar-refractivity contribution in [2.75, 3.05) is 32.7 Å². The van der Waals surface area contributed by atoms with Gasteiger partial charge in [-0.2, -0.15) is 0 Å². The SMILES string of the molecule is CCNCC(F)(F)CN1CCC(C)C1. The maximum Gasteiger partial charge on any atom is 0.272 e. The molecule has 1 aliphatic heterocycles. The number of hydrogen-bond donors (Lipinski definition) is 1. The molecule has 0 aromatic carbocycles. The Morgan fingerprint density at radius 3 is 2.71 bits per heavy atom. The molecule has 2 nitrogen and oxygen atoms in total. The van der Waals surface area contributed by atoms with Gasteiger partial charge in [-0.15, -0.1) is 0 Å². The van der Waals surface area contributed by atoms with Gasteiger partial charge in [0.15, 0.2) is 0 Å². The van der Waals surface area contributed by atoms with E-state index in [0.717, 1.165) is 19.5 Å². The Hall–Kier alpha value is -0.220. The third-order valence-corrected chi connectivity index (χ3v) is 2.60. The highest BCUT2D eigenvalue weighted by Gasteiger charge is 2.33. The van der Waals surface area contributed by atoms with E-state index in [0.29, 0.717) is 12.5 Å². The summed E-state index contributed by atoms with van der Waals surface area (Å²) < 4.78 is 26.6. The number of rotatable bonds is 5. The summed E-state index contributed by atoms with van der Waals surface area (Å²) in [5, 5.41) is 2.70. The average Bonchev–Trinajstić information content (AvgIpc) is 2.47. The van der Waals surface area contributed by atoms with Gasteiger partial charge in [-0.3, -0.25) is 4.90 Å². The van der Waals surface area contributed by atoms with Gasteiger partial charge in [0.05, 0.1) is 13.1 Å². The molecule has 0 aromatic heterocycles. The van der Waals surface area contributed by atoms with Crippen LogP contribution in [0.3, 0.4) is 0 Å². The first-order valence-corrected chi connectivity index (χ1v) is 5.34. The maximum atomic E-state index is 13.3. The molecule has 1 unspecified atom stereocenters. The van der Waals surface area contributed by atoms with Gasteiger partial charge >= 0.3 is 0 Å². The number of nitrogens with zero attached hydrogens (tertiary/aromatic N) is 1. The Balaban J connectivity index is 2.27. The summed E-state index contributed by atoms with van der Waals surface area (Å²) in [5.41, 5.74) is 0. The van der Waals surface area contributed by atoms with E-state index in [1.807, 2.05) is 11.8 Å². The van der Waals surface area contributed by atoms with Crippen LogP contribution >= 0.6 is 0 Å². The topological polar surface area (TPSA) is 15.3 Å². The minimum atomic E-state index is -2.58. The van der Waals surface area contributed by atoms with Crippen molar-refractivity contribution in [1.82, 2.24) is 10.2 Å². The molecule has 0 saturated carbocycles. The van der Waals surface area contributed by atoms with E-state index in [-0.39, 0.29) is 13.1 Å². The molecule has 0 radical (unpaired) electrons. The smallest absolute Gasteiger partial charge is 0.272 e. The van der Waals surface area contributed by atoms with Crippen molar-refractivity contribution in [3.63, 3.8) is 0 Å². The molecule has 4 heteroatoms. The average molecular weight is 206 g/mol. The third kappa shape index (κ3) is 3.88. The lowest BCUT2D eigenvalue weighted by molar-refractivity contribution is -0.0256. The van der Waals surface area contributed by atoms with E-state index in [1.54, 1.807) is 0 Å². The summed E-state index contributed by atoms with van der Waals surface area (Å²) in [6.45, 7) is 5.91. The van der Waals surface area contributed by atoms with E-state index in [2.05, 4.69) is 12.2 Å². The van der Waals surface area contributed by atoms with Gasteiger partial charge in [-0.25, -0.2) is 8.78 Å². The molecular formula is C10H20F2N2. The highest BCUT2D eigenvalue weighted by molar-refractivity contribution is 4.79. The van der Waals surface area contributed by atoms with Crippen molar-refractivity contribution in [2.45, 2.75) is 26.2 Å². The van der Waals surface area contributed by atoms with Crippen LogP contribution in [0.2, 0.25) is 0 Å². The molecule has 1 N–H and O–H groups in total. The molecule has 84 valence electrons. The normalized spacial score (nSPS) is 24.4. The molecule has 0 spiro atoms. The van der Waals surface area contributed by atoms with E-state index in [1.165, 1.54) is 0 Å². The Morgan fingerprint density at radius 2 is 2.21 bits per heavy atom. The van der Waals surface area contributed by atoms with Crippen LogP contribution in [0.4, 0.5) is 8.78 Å². The Kier molecular flexibility index (Phi) is 4.26. The molecule has 0 aliphatic carbocycles. The summed E-state index contributed by atoms with van der Waals surface area (Å²) in [4.78, 5) is 1.86. The molecule has 1 aliphatic rings. The standard InChI is InChI=1S/C10H20F2N2/c1-3-13-7-10(11,12)8-14-5-4-9(2)6-14/h9,13H,3-8H2,1-2H3. The predicted octanol–water partition coefficient (Wildman–Crippen LogP) is 1.57. The molecule has 0 aromatic rings. The van der Waals surface area contributed by atoms with Crippen LogP contribution in [0.5, 0.6) is 0 Å². The van der Waals surface area contributed by atoms with Gasteiger partial charge in [0.25, 0.3) is 5.92 Å². The zero-order valence-electron chi connectivity index (χ0n) is 9.02. The van der Waals surface area contributed by atoms with Crippen molar-refractivity contribution in [2.24, 2.45) is 5.92 Å². The van der Waals surface area contributed by atoms with Crippen LogP contribution in [0.15, 0.2) is 0 Å². The number of likely N-dealkylation sites (tertiary alicyclic amines) is 1. The van der Waals surface area contributed by atoms with E-state index < -0.39 is 5.92 Å². The zero-order chi connectivity index (χ0) is 10.6. The van der Waals surface area contributed by atoms with Crippen molar-refractivity contribution in [3.8, 4) is 0 Å². The fourth-order valence-electron chi connectivity index (χ4n) is 1.86. The largest absolute Gasteiger partial charge is 0.311 e. The van der Waals surface area contributed by atoms with Crippen molar-refractivity contribution in [3.05, 3.63) is 0 Å². The van der Waals surface area contributed by atoms with E-state index in [4.69, 9.17) is 0 Å². The fraction of sp³-hybridized carbons (Fsp3) is 1.00. The molecule has 0 bridgehead atoms. The molecular weight excluding hydrogens is 186 g/mol. The van der Waals surface area contributed by atoms with Gasteiger partial charge < -0.3 is 5.32 Å². The molecule has 0 amide bonds. The van der Waals surface area contributed by atoms with Gasteiger partial charge in [0.1, 0.15) is 0 Å². The van der Waals surface area contributed by atoms with Crippen molar-refractivity contribution >= 4 is 0 Å². The van der Waals surface area contributed by atoms with E-state index in [9.17, 15) is 8.78 Å². The predicted molar refractivity (Wildman–Crippen MR) is 53.7 cm³/mol. The fourth-order valence-corrected chi connectivity index (χ4v) is 1.86. The first-order chi connectivity index (χ1) is 6.53. The molecule has 1 rings (SSSR count). The lowest BCUT2D eigenvalue weighted by Gasteiger charge is -2.23. The summed E-state index contributed by atoms with van der Waals surface area (Å²) in [5.74, 6) is -2.01. The first-order valence-electron chi connectivity index (χ1n) is 5.34. The van der Waals surface area contributed by atoms with Gasteiger partial charge in [-0.05, 0) is 25.4 Å². The number of halogens is 2. The molecule has 1 fully saturated rings. The minimum absolute atomic E-state index is 0.0929. The Bertz CT molecular complexity index is 174. The number of hydrogen-bond acceptors (Lipinski definition) is 2. The maximum absolute atomic E-state index is 13.3. The van der Waals surface area contributed by atoms with Gasteiger partial charge in [0, 0.05) is 6.54 Å². The summed E-state index contributed by atoms with van der Waals surface area (Å²) >= 11 is 0. The third-order valence-electron chi connectivity index (χ3n) is 2.60. The summed E-state index contributed by atoms with van der Waals surface area (Å²) in [6, 6.07) is 0. The van der Waals surface area contributed by atoms with Crippen LogP contribution in [-0.4, -0.2) is 43.5 Å². The van der Waals surface area contributed by atoms with Crippen LogP contribution in [0.25, 0.3) is 0 Å². The second-order valence-electron chi connectivity index (χ2n) is 4.27. The van der Waals surface area contributed by atoms with Crippen molar-refractivity contribution < 1.29 is 8.78 Å². The monoisotopic (exact) mass is 206 g/mol. The summed E-state index contributed by atoms with van der Waals surface area (Å²) in [7, 11) is 0. The van der Waals surface area contributed by atoms with E-state index >= 15 is 0 Å². The Morgan fingerprint density at radius 1 is 1.50 bits per heavy atom.